The molecule has 0 aliphatic carbocycles. The van der Waals surface area contributed by atoms with Crippen LogP contribution in [0.15, 0.2) is 12.1 Å². The molecule has 0 aromatic carbocycles. The lowest BCUT2D eigenvalue weighted by molar-refractivity contribution is -0.144. The van der Waals surface area contributed by atoms with Gasteiger partial charge in [0.1, 0.15) is 0 Å². The highest BCUT2D eigenvalue weighted by Crippen LogP contribution is 2.15. The number of pyridine rings is 1. The van der Waals surface area contributed by atoms with Gasteiger partial charge in [-0.3, -0.25) is 14.7 Å². The normalized spacial score (nSPS) is 11.8. The monoisotopic (exact) mass is 303 g/mol. The molecule has 4 nitrogen and oxygen atoms in total. The summed E-state index contributed by atoms with van der Waals surface area (Å²) >= 11 is 0. The Kier molecular flexibility index (Phi) is 6.14. The Morgan fingerprint density at radius 3 is 2.38 bits per heavy atom. The number of alkyl halides is 3. The molecule has 118 valence electrons. The third-order valence-electron chi connectivity index (χ3n) is 2.80. The Hall–Kier alpha value is -1.63. The number of halogens is 3. The minimum Gasteiger partial charge on any atom is -0.352 e. The number of hydrogen-bond donors (Lipinski definition) is 1. The molecule has 1 rings (SSSR count). The molecule has 0 saturated carbocycles. The summed E-state index contributed by atoms with van der Waals surface area (Å²) in [6, 6.07) is 3.73. The first-order valence-electron chi connectivity index (χ1n) is 6.62. The molecule has 0 radical (unpaired) electrons. The fourth-order valence-corrected chi connectivity index (χ4v) is 1.99. The topological polar surface area (TPSA) is 45.2 Å². The quantitative estimate of drug-likeness (QED) is 0.876. The second-order valence-electron chi connectivity index (χ2n) is 5.14. The third kappa shape index (κ3) is 7.65. The van der Waals surface area contributed by atoms with Crippen molar-refractivity contribution in [3.05, 3.63) is 29.1 Å². The van der Waals surface area contributed by atoms with Crippen molar-refractivity contribution >= 4 is 5.91 Å². The Morgan fingerprint density at radius 2 is 1.86 bits per heavy atom. The van der Waals surface area contributed by atoms with Gasteiger partial charge in [0, 0.05) is 30.9 Å². The van der Waals surface area contributed by atoms with Crippen LogP contribution in [0.25, 0.3) is 0 Å². The van der Waals surface area contributed by atoms with Crippen LogP contribution in [0.1, 0.15) is 23.4 Å². The number of nitrogens with zero attached hydrogens (tertiary/aromatic N) is 2. The van der Waals surface area contributed by atoms with Crippen molar-refractivity contribution in [2.75, 3.05) is 20.1 Å². The van der Waals surface area contributed by atoms with Crippen molar-refractivity contribution in [1.82, 2.24) is 15.2 Å². The van der Waals surface area contributed by atoms with E-state index < -0.39 is 12.7 Å². The maximum atomic E-state index is 12.1. The molecular weight excluding hydrogens is 283 g/mol. The largest absolute Gasteiger partial charge is 0.401 e. The van der Waals surface area contributed by atoms with E-state index in [1.165, 1.54) is 7.05 Å². The molecule has 1 heterocycles. The van der Waals surface area contributed by atoms with Crippen molar-refractivity contribution < 1.29 is 18.0 Å². The predicted octanol–water partition coefficient (Wildman–Crippen LogP) is 2.20. The van der Waals surface area contributed by atoms with Crippen LogP contribution < -0.4 is 5.32 Å². The van der Waals surface area contributed by atoms with Gasteiger partial charge in [0.25, 0.3) is 0 Å². The van der Waals surface area contributed by atoms with E-state index >= 15 is 0 Å². The number of aryl methyl sites for hydroxylation is 2. The first-order valence-corrected chi connectivity index (χ1v) is 6.62. The summed E-state index contributed by atoms with van der Waals surface area (Å²) in [6.07, 6.45) is -4.20. The fourth-order valence-electron chi connectivity index (χ4n) is 1.99. The second kappa shape index (κ2) is 7.40. The van der Waals surface area contributed by atoms with Gasteiger partial charge in [0.05, 0.1) is 6.54 Å². The molecule has 1 aromatic rings. The fraction of sp³-hybridized carbons (Fsp3) is 0.571. The molecule has 0 aliphatic heterocycles. The zero-order valence-electron chi connectivity index (χ0n) is 12.4. The van der Waals surface area contributed by atoms with Crippen molar-refractivity contribution in [1.29, 1.82) is 0 Å². The molecule has 7 heteroatoms. The molecule has 0 spiro atoms. The highest BCUT2D eigenvalue weighted by atomic mass is 19.4. The van der Waals surface area contributed by atoms with Crippen LogP contribution in [0.2, 0.25) is 0 Å². The number of nitrogens with one attached hydrogen (secondary N) is 1. The molecule has 0 atom stereocenters. The number of hydrogen-bond acceptors (Lipinski definition) is 3. The van der Waals surface area contributed by atoms with Gasteiger partial charge in [-0.1, -0.05) is 0 Å². The minimum absolute atomic E-state index is 0.0373. The van der Waals surface area contributed by atoms with Crippen LogP contribution in [-0.2, 0) is 11.3 Å². The smallest absolute Gasteiger partial charge is 0.352 e. The summed E-state index contributed by atoms with van der Waals surface area (Å²) in [7, 11) is 1.34. The van der Waals surface area contributed by atoms with Crippen LogP contribution >= 0.6 is 0 Å². The molecule has 1 amide bonds. The van der Waals surface area contributed by atoms with Crippen LogP contribution in [0.3, 0.4) is 0 Å². The van der Waals surface area contributed by atoms with Crippen molar-refractivity contribution in [2.24, 2.45) is 0 Å². The van der Waals surface area contributed by atoms with E-state index in [1.807, 2.05) is 26.0 Å². The van der Waals surface area contributed by atoms with Crippen molar-refractivity contribution in [3.8, 4) is 0 Å². The number of carbonyl (C=O) groups excluding carboxylic acids is 1. The Balaban J connectivity index is 2.34. The van der Waals surface area contributed by atoms with Gasteiger partial charge in [0.15, 0.2) is 0 Å². The van der Waals surface area contributed by atoms with Gasteiger partial charge < -0.3 is 5.32 Å². The molecule has 0 saturated heterocycles. The van der Waals surface area contributed by atoms with Crippen LogP contribution in [-0.4, -0.2) is 42.1 Å². The van der Waals surface area contributed by atoms with Gasteiger partial charge in [0.2, 0.25) is 5.91 Å². The van der Waals surface area contributed by atoms with Crippen LogP contribution in [0.5, 0.6) is 0 Å². The molecule has 1 aromatic heterocycles. The molecule has 0 unspecified atom stereocenters. The first kappa shape index (κ1) is 17.4. The summed E-state index contributed by atoms with van der Waals surface area (Å²) in [6.45, 7) is 3.14. The molecular formula is C14H20F3N3O. The highest BCUT2D eigenvalue weighted by Gasteiger charge is 2.29. The zero-order valence-corrected chi connectivity index (χ0v) is 12.4. The maximum absolute atomic E-state index is 12.1. The first-order chi connectivity index (χ1) is 9.65. The predicted molar refractivity (Wildman–Crippen MR) is 73.7 cm³/mol. The molecule has 0 bridgehead atoms. The van der Waals surface area contributed by atoms with Crippen molar-refractivity contribution in [3.63, 3.8) is 0 Å². The minimum atomic E-state index is -4.24. The van der Waals surface area contributed by atoms with E-state index in [2.05, 4.69) is 10.3 Å². The number of amides is 1. The molecule has 0 fully saturated rings. The van der Waals surface area contributed by atoms with Gasteiger partial charge in [-0.25, -0.2) is 0 Å². The summed E-state index contributed by atoms with van der Waals surface area (Å²) in [5.74, 6) is -0.267. The standard InChI is InChI=1S/C14H20F3N3O/c1-10-6-12(7-11(2)19-10)8-18-13(21)4-5-20(3)9-14(15,16)17/h6-7H,4-5,8-9H2,1-3H3,(H,18,21). The summed E-state index contributed by atoms with van der Waals surface area (Å²) < 4.78 is 36.4. The average molecular weight is 303 g/mol. The SMILES string of the molecule is Cc1cc(CNC(=O)CCN(C)CC(F)(F)F)cc(C)n1. The average Bonchev–Trinajstić information content (AvgIpc) is 2.30. The summed E-state index contributed by atoms with van der Waals surface area (Å²) in [5.41, 5.74) is 2.66. The molecule has 21 heavy (non-hydrogen) atoms. The van der Waals surface area contributed by atoms with Gasteiger partial charge >= 0.3 is 6.18 Å². The molecule has 1 N–H and O–H groups in total. The Bertz CT molecular complexity index is 469. The van der Waals surface area contributed by atoms with E-state index in [0.29, 0.717) is 6.54 Å². The van der Waals surface area contributed by atoms with Crippen molar-refractivity contribution in [2.45, 2.75) is 33.0 Å². The Morgan fingerprint density at radius 1 is 1.29 bits per heavy atom. The van der Waals surface area contributed by atoms with Gasteiger partial charge in [-0.15, -0.1) is 0 Å². The summed E-state index contributed by atoms with van der Waals surface area (Å²) in [4.78, 5) is 16.9. The lowest BCUT2D eigenvalue weighted by Gasteiger charge is -2.18. The van der Waals surface area contributed by atoms with Gasteiger partial charge in [-0.2, -0.15) is 13.2 Å². The third-order valence-corrected chi connectivity index (χ3v) is 2.80. The van der Waals surface area contributed by atoms with Crippen LogP contribution in [0, 0.1) is 13.8 Å². The molecule has 0 aliphatic rings. The van der Waals surface area contributed by atoms with E-state index in [9.17, 15) is 18.0 Å². The Labute approximate surface area is 122 Å². The summed E-state index contributed by atoms with van der Waals surface area (Å²) in [5, 5.41) is 2.70. The van der Waals surface area contributed by atoms with E-state index in [0.717, 1.165) is 21.9 Å². The van der Waals surface area contributed by atoms with E-state index in [4.69, 9.17) is 0 Å². The van der Waals surface area contributed by atoms with Gasteiger partial charge in [-0.05, 0) is 38.6 Å². The maximum Gasteiger partial charge on any atom is 0.401 e. The number of rotatable bonds is 6. The number of carbonyl (C=O) groups is 1. The lowest BCUT2D eigenvalue weighted by Crippen LogP contribution is -2.34. The van der Waals surface area contributed by atoms with E-state index in [1.54, 1.807) is 0 Å². The highest BCUT2D eigenvalue weighted by molar-refractivity contribution is 5.76. The lowest BCUT2D eigenvalue weighted by atomic mass is 10.2. The number of aromatic nitrogens is 1. The zero-order chi connectivity index (χ0) is 16.0. The second-order valence-corrected chi connectivity index (χ2v) is 5.14. The van der Waals surface area contributed by atoms with Crippen LogP contribution in [0.4, 0.5) is 13.2 Å². The van der Waals surface area contributed by atoms with E-state index in [-0.39, 0.29) is 18.9 Å².